The summed E-state index contributed by atoms with van der Waals surface area (Å²) in [5.74, 6) is 0.604. The van der Waals surface area contributed by atoms with Crippen molar-refractivity contribution in [2.75, 3.05) is 11.9 Å². The fourth-order valence-corrected chi connectivity index (χ4v) is 1.92. The molecule has 90 valence electrons. The summed E-state index contributed by atoms with van der Waals surface area (Å²) in [6, 6.07) is 7.51. The summed E-state index contributed by atoms with van der Waals surface area (Å²) in [6.45, 7) is 0.657. The summed E-state index contributed by atoms with van der Waals surface area (Å²) < 4.78 is 0. The zero-order chi connectivity index (χ0) is 13.0. The Kier molecular flexibility index (Phi) is 3.75. The van der Waals surface area contributed by atoms with Gasteiger partial charge in [-0.15, -0.1) is 0 Å². The first-order chi connectivity index (χ1) is 8.72. The van der Waals surface area contributed by atoms with E-state index in [2.05, 4.69) is 9.97 Å². The van der Waals surface area contributed by atoms with Crippen molar-refractivity contribution in [2.24, 2.45) is 0 Å². The van der Waals surface area contributed by atoms with Crippen LogP contribution in [0.15, 0.2) is 36.8 Å². The molecule has 18 heavy (non-hydrogen) atoms. The van der Waals surface area contributed by atoms with E-state index < -0.39 is 0 Å². The van der Waals surface area contributed by atoms with Crippen molar-refractivity contribution in [2.45, 2.75) is 6.54 Å². The lowest BCUT2D eigenvalue weighted by molar-refractivity contribution is 0.895. The molecule has 0 unspecified atom stereocenters. The molecular formula is C13H11ClN4. The minimum Gasteiger partial charge on any atom is -0.354 e. The van der Waals surface area contributed by atoms with E-state index in [1.54, 1.807) is 24.7 Å². The van der Waals surface area contributed by atoms with Crippen LogP contribution in [0.5, 0.6) is 0 Å². The molecule has 0 aliphatic heterocycles. The van der Waals surface area contributed by atoms with E-state index in [0.717, 1.165) is 5.56 Å². The molecule has 0 spiro atoms. The maximum Gasteiger partial charge on any atom is 0.148 e. The molecule has 0 saturated carbocycles. The van der Waals surface area contributed by atoms with Crippen molar-refractivity contribution in [3.8, 4) is 6.07 Å². The lowest BCUT2D eigenvalue weighted by atomic mass is 10.2. The Labute approximate surface area is 110 Å². The Bertz CT molecular complexity index is 577. The standard InChI is InChI=1S/C13H11ClN4/c1-18(9-10-2-5-16-6-3-10)13-12(14)11(8-15)4-7-17-13/h2-7H,9H2,1H3. The van der Waals surface area contributed by atoms with Crippen molar-refractivity contribution in [3.05, 3.63) is 52.9 Å². The number of hydrogen-bond donors (Lipinski definition) is 0. The first-order valence-corrected chi connectivity index (χ1v) is 5.75. The van der Waals surface area contributed by atoms with E-state index >= 15 is 0 Å². The first-order valence-electron chi connectivity index (χ1n) is 5.37. The Morgan fingerprint density at radius 1 is 1.28 bits per heavy atom. The predicted octanol–water partition coefficient (Wildman–Crippen LogP) is 2.64. The average molecular weight is 259 g/mol. The fraction of sp³-hybridized carbons (Fsp3) is 0.154. The molecule has 0 aromatic carbocycles. The van der Waals surface area contributed by atoms with Crippen LogP contribution in [0, 0.1) is 11.3 Å². The Morgan fingerprint density at radius 3 is 2.67 bits per heavy atom. The summed E-state index contributed by atoms with van der Waals surface area (Å²) in [5.41, 5.74) is 1.54. The van der Waals surface area contributed by atoms with E-state index in [1.165, 1.54) is 0 Å². The third-order valence-corrected chi connectivity index (χ3v) is 2.89. The number of rotatable bonds is 3. The van der Waals surface area contributed by atoms with Crippen molar-refractivity contribution in [1.82, 2.24) is 9.97 Å². The van der Waals surface area contributed by atoms with Crippen LogP contribution in [0.25, 0.3) is 0 Å². The quantitative estimate of drug-likeness (QED) is 0.849. The highest BCUT2D eigenvalue weighted by Crippen LogP contribution is 2.26. The minimum atomic E-state index is 0.386. The van der Waals surface area contributed by atoms with Crippen LogP contribution in [0.1, 0.15) is 11.1 Å². The molecule has 0 saturated heterocycles. The van der Waals surface area contributed by atoms with Crippen molar-refractivity contribution in [3.63, 3.8) is 0 Å². The van der Waals surface area contributed by atoms with Crippen LogP contribution in [-0.2, 0) is 6.54 Å². The van der Waals surface area contributed by atoms with E-state index in [-0.39, 0.29) is 0 Å². The van der Waals surface area contributed by atoms with E-state index in [9.17, 15) is 0 Å². The normalized spacial score (nSPS) is 9.83. The molecule has 0 bridgehead atoms. The van der Waals surface area contributed by atoms with Gasteiger partial charge < -0.3 is 4.90 Å². The number of nitriles is 1. The van der Waals surface area contributed by atoms with Gasteiger partial charge in [-0.25, -0.2) is 4.98 Å². The molecule has 4 nitrogen and oxygen atoms in total. The molecular weight excluding hydrogens is 248 g/mol. The Hall–Kier alpha value is -2.12. The molecule has 0 N–H and O–H groups in total. The smallest absolute Gasteiger partial charge is 0.148 e. The summed E-state index contributed by atoms with van der Waals surface area (Å²) in [4.78, 5) is 10.1. The number of anilines is 1. The number of pyridine rings is 2. The summed E-state index contributed by atoms with van der Waals surface area (Å²) >= 11 is 6.13. The summed E-state index contributed by atoms with van der Waals surface area (Å²) in [6.07, 6.45) is 5.07. The second-order valence-corrected chi connectivity index (χ2v) is 4.20. The topological polar surface area (TPSA) is 52.8 Å². The minimum absolute atomic E-state index is 0.386. The third kappa shape index (κ3) is 2.58. The van der Waals surface area contributed by atoms with Gasteiger partial charge in [-0.05, 0) is 23.8 Å². The van der Waals surface area contributed by atoms with Gasteiger partial charge in [0.25, 0.3) is 0 Å². The second-order valence-electron chi connectivity index (χ2n) is 3.82. The number of halogens is 1. The maximum absolute atomic E-state index is 8.93. The lowest BCUT2D eigenvalue weighted by Gasteiger charge is -2.19. The van der Waals surface area contributed by atoms with Crippen LogP contribution >= 0.6 is 11.6 Å². The van der Waals surface area contributed by atoms with E-state index in [1.807, 2.05) is 30.1 Å². The zero-order valence-electron chi connectivity index (χ0n) is 9.84. The van der Waals surface area contributed by atoms with Crippen LogP contribution < -0.4 is 4.90 Å². The van der Waals surface area contributed by atoms with Gasteiger partial charge in [0.2, 0.25) is 0 Å². The summed E-state index contributed by atoms with van der Waals surface area (Å²) in [5, 5.41) is 9.31. The van der Waals surface area contributed by atoms with E-state index in [4.69, 9.17) is 16.9 Å². The Balaban J connectivity index is 2.25. The molecule has 0 aliphatic rings. The van der Waals surface area contributed by atoms with Crippen LogP contribution in [0.4, 0.5) is 5.82 Å². The SMILES string of the molecule is CN(Cc1ccncc1)c1nccc(C#N)c1Cl. The van der Waals surface area contributed by atoms with Gasteiger partial charge in [-0.3, -0.25) is 4.98 Å². The molecule has 2 heterocycles. The van der Waals surface area contributed by atoms with Gasteiger partial charge in [0.15, 0.2) is 0 Å². The number of hydrogen-bond acceptors (Lipinski definition) is 4. The summed E-state index contributed by atoms with van der Waals surface area (Å²) in [7, 11) is 1.88. The van der Waals surface area contributed by atoms with Gasteiger partial charge in [-0.2, -0.15) is 5.26 Å². The molecule has 0 fully saturated rings. The highest BCUT2D eigenvalue weighted by molar-refractivity contribution is 6.34. The number of nitrogens with zero attached hydrogens (tertiary/aromatic N) is 4. The lowest BCUT2D eigenvalue weighted by Crippen LogP contribution is -2.18. The second kappa shape index (κ2) is 5.48. The maximum atomic E-state index is 8.93. The molecule has 2 aromatic rings. The largest absolute Gasteiger partial charge is 0.354 e. The van der Waals surface area contributed by atoms with E-state index in [0.29, 0.717) is 22.9 Å². The van der Waals surface area contributed by atoms with Crippen LogP contribution in [-0.4, -0.2) is 17.0 Å². The van der Waals surface area contributed by atoms with Crippen LogP contribution in [0.3, 0.4) is 0 Å². The molecule has 2 rings (SSSR count). The Morgan fingerprint density at radius 2 is 2.00 bits per heavy atom. The highest BCUT2D eigenvalue weighted by atomic mass is 35.5. The molecule has 2 aromatic heterocycles. The highest BCUT2D eigenvalue weighted by Gasteiger charge is 2.11. The van der Waals surface area contributed by atoms with Gasteiger partial charge in [0.1, 0.15) is 16.9 Å². The third-order valence-electron chi connectivity index (χ3n) is 2.52. The monoisotopic (exact) mass is 258 g/mol. The average Bonchev–Trinajstić information content (AvgIpc) is 2.40. The number of aromatic nitrogens is 2. The van der Waals surface area contributed by atoms with Gasteiger partial charge in [-0.1, -0.05) is 11.6 Å². The molecule has 0 amide bonds. The molecule has 0 atom stereocenters. The van der Waals surface area contributed by atoms with Crippen LogP contribution in [0.2, 0.25) is 5.02 Å². The van der Waals surface area contributed by atoms with Gasteiger partial charge in [0, 0.05) is 32.2 Å². The van der Waals surface area contributed by atoms with Gasteiger partial charge in [0.05, 0.1) is 5.56 Å². The molecule has 5 heteroatoms. The fourth-order valence-electron chi connectivity index (χ4n) is 1.62. The predicted molar refractivity (Wildman–Crippen MR) is 70.3 cm³/mol. The van der Waals surface area contributed by atoms with Crippen molar-refractivity contribution in [1.29, 1.82) is 5.26 Å². The molecule has 0 radical (unpaired) electrons. The molecule has 0 aliphatic carbocycles. The van der Waals surface area contributed by atoms with Crippen molar-refractivity contribution < 1.29 is 0 Å². The zero-order valence-corrected chi connectivity index (χ0v) is 10.6. The van der Waals surface area contributed by atoms with Crippen molar-refractivity contribution >= 4 is 17.4 Å². The van der Waals surface area contributed by atoms with Gasteiger partial charge >= 0.3 is 0 Å². The first kappa shape index (κ1) is 12.3.